The van der Waals surface area contributed by atoms with E-state index in [1.54, 1.807) is 18.3 Å². The van der Waals surface area contributed by atoms with Crippen LogP contribution in [0.5, 0.6) is 0 Å². The van der Waals surface area contributed by atoms with Gasteiger partial charge in [0.15, 0.2) is 0 Å². The molecule has 1 fully saturated rings. The molecule has 100 valence electrons. The quantitative estimate of drug-likeness (QED) is 0.720. The zero-order valence-corrected chi connectivity index (χ0v) is 10.6. The second kappa shape index (κ2) is 6.76. The van der Waals surface area contributed by atoms with Crippen molar-refractivity contribution in [1.29, 1.82) is 0 Å². The lowest BCUT2D eigenvalue weighted by molar-refractivity contribution is 0.240. The summed E-state index contributed by atoms with van der Waals surface area (Å²) < 4.78 is 0. The van der Waals surface area contributed by atoms with E-state index in [1.807, 2.05) is 0 Å². The molecule has 0 radical (unpaired) electrons. The number of hydrogen-bond donors (Lipinski definition) is 3. The number of aliphatic hydroxyl groups excluding tert-OH is 1. The summed E-state index contributed by atoms with van der Waals surface area (Å²) >= 11 is 0. The van der Waals surface area contributed by atoms with E-state index in [0.717, 1.165) is 18.4 Å². The molecule has 2 amide bonds. The molecule has 0 aliphatic heterocycles. The van der Waals surface area contributed by atoms with Crippen LogP contribution in [-0.4, -0.2) is 28.8 Å². The van der Waals surface area contributed by atoms with Crippen LogP contribution in [0.2, 0.25) is 0 Å². The summed E-state index contributed by atoms with van der Waals surface area (Å²) in [4.78, 5) is 15.7. The molecule has 3 N–H and O–H groups in total. The molecule has 1 aliphatic rings. The summed E-state index contributed by atoms with van der Waals surface area (Å²) in [6.45, 7) is 0.0486. The Morgan fingerprint density at radius 2 is 2.37 bits per heavy atom. The topological polar surface area (TPSA) is 74.2 Å². The fraction of sp³-hybridized carbons (Fsp3) is 0.429. The van der Waals surface area contributed by atoms with Crippen LogP contribution < -0.4 is 10.6 Å². The van der Waals surface area contributed by atoms with Crippen LogP contribution in [0.3, 0.4) is 0 Å². The molecular weight excluding hydrogens is 242 g/mol. The number of hydrogen-bond acceptors (Lipinski definition) is 3. The highest BCUT2D eigenvalue weighted by Crippen LogP contribution is 2.18. The molecule has 0 unspecified atom stereocenters. The van der Waals surface area contributed by atoms with Crippen molar-refractivity contribution < 1.29 is 9.90 Å². The van der Waals surface area contributed by atoms with Crippen molar-refractivity contribution in [3.05, 3.63) is 23.9 Å². The monoisotopic (exact) mass is 259 g/mol. The second-order valence-electron chi connectivity index (χ2n) is 4.43. The standard InChI is InChI=1S/C14H17N3O2/c18-9-2-1-4-11-7-8-15-13(10-11)17-14(19)16-12-5-3-6-12/h7-8,10,12,18H,2-3,5-6,9H2,(H2,15,16,17,19). The van der Waals surface area contributed by atoms with Gasteiger partial charge in [-0.25, -0.2) is 9.78 Å². The largest absolute Gasteiger partial charge is 0.395 e. The number of aliphatic hydroxyl groups is 1. The Kier molecular flexibility index (Phi) is 4.76. The van der Waals surface area contributed by atoms with E-state index in [9.17, 15) is 4.79 Å². The molecule has 0 saturated heterocycles. The molecular formula is C14H17N3O2. The van der Waals surface area contributed by atoms with Gasteiger partial charge in [0.2, 0.25) is 0 Å². The van der Waals surface area contributed by atoms with E-state index in [-0.39, 0.29) is 12.6 Å². The van der Waals surface area contributed by atoms with Crippen LogP contribution >= 0.6 is 0 Å². The van der Waals surface area contributed by atoms with E-state index in [4.69, 9.17) is 5.11 Å². The summed E-state index contributed by atoms with van der Waals surface area (Å²) in [6.07, 6.45) is 5.31. The Balaban J connectivity index is 1.91. The van der Waals surface area contributed by atoms with Gasteiger partial charge in [0.1, 0.15) is 5.82 Å². The van der Waals surface area contributed by atoms with Crippen molar-refractivity contribution in [2.45, 2.75) is 31.7 Å². The first-order valence-corrected chi connectivity index (χ1v) is 6.41. The van der Waals surface area contributed by atoms with Crippen LogP contribution in [0, 0.1) is 11.8 Å². The third kappa shape index (κ3) is 4.27. The van der Waals surface area contributed by atoms with Gasteiger partial charge in [0.05, 0.1) is 6.61 Å². The van der Waals surface area contributed by atoms with Gasteiger partial charge >= 0.3 is 6.03 Å². The molecule has 5 heteroatoms. The second-order valence-corrected chi connectivity index (χ2v) is 4.43. The summed E-state index contributed by atoms with van der Waals surface area (Å²) in [7, 11) is 0. The third-order valence-corrected chi connectivity index (χ3v) is 2.91. The van der Waals surface area contributed by atoms with Gasteiger partial charge in [0, 0.05) is 24.2 Å². The average Bonchev–Trinajstić information content (AvgIpc) is 2.35. The molecule has 0 atom stereocenters. The van der Waals surface area contributed by atoms with Crippen LogP contribution in [-0.2, 0) is 0 Å². The molecule has 2 rings (SSSR count). The molecule has 0 spiro atoms. The molecule has 1 aliphatic carbocycles. The van der Waals surface area contributed by atoms with Crippen molar-refractivity contribution in [2.75, 3.05) is 11.9 Å². The lowest BCUT2D eigenvalue weighted by Crippen LogP contribution is -2.41. The first-order chi connectivity index (χ1) is 9.28. The van der Waals surface area contributed by atoms with Crippen LogP contribution in [0.4, 0.5) is 10.6 Å². The average molecular weight is 259 g/mol. The van der Waals surface area contributed by atoms with Crippen molar-refractivity contribution in [3.63, 3.8) is 0 Å². The van der Waals surface area contributed by atoms with Crippen LogP contribution in [0.1, 0.15) is 31.2 Å². The summed E-state index contributed by atoms with van der Waals surface area (Å²) in [5.41, 5.74) is 0.766. The maximum atomic E-state index is 11.7. The zero-order valence-electron chi connectivity index (χ0n) is 10.6. The van der Waals surface area contributed by atoms with Gasteiger partial charge in [-0.05, 0) is 31.4 Å². The van der Waals surface area contributed by atoms with Crippen molar-refractivity contribution >= 4 is 11.8 Å². The summed E-state index contributed by atoms with van der Waals surface area (Å²) in [6, 6.07) is 3.55. The zero-order chi connectivity index (χ0) is 13.5. The van der Waals surface area contributed by atoms with E-state index in [2.05, 4.69) is 27.5 Å². The van der Waals surface area contributed by atoms with Gasteiger partial charge in [0.25, 0.3) is 0 Å². The number of urea groups is 1. The normalized spacial score (nSPS) is 13.9. The molecule has 0 bridgehead atoms. The number of rotatable bonds is 3. The Morgan fingerprint density at radius 1 is 1.53 bits per heavy atom. The SMILES string of the molecule is O=C(Nc1cc(C#CCCO)ccn1)NC1CCC1. The van der Waals surface area contributed by atoms with Crippen molar-refractivity contribution in [2.24, 2.45) is 0 Å². The molecule has 1 aromatic rings. The number of carbonyl (C=O) groups is 1. The van der Waals surface area contributed by atoms with Crippen molar-refractivity contribution in [3.8, 4) is 11.8 Å². The molecule has 1 saturated carbocycles. The first kappa shape index (κ1) is 13.4. The van der Waals surface area contributed by atoms with Gasteiger partial charge in [-0.2, -0.15) is 0 Å². The van der Waals surface area contributed by atoms with Gasteiger partial charge < -0.3 is 10.4 Å². The summed E-state index contributed by atoms with van der Waals surface area (Å²) in [5, 5.41) is 14.2. The Hall–Kier alpha value is -2.06. The Bertz CT molecular complexity index is 501. The van der Waals surface area contributed by atoms with Crippen LogP contribution in [0.25, 0.3) is 0 Å². The third-order valence-electron chi connectivity index (χ3n) is 2.91. The molecule has 0 aromatic carbocycles. The fourth-order valence-corrected chi connectivity index (χ4v) is 1.69. The van der Waals surface area contributed by atoms with Gasteiger partial charge in [-0.1, -0.05) is 11.8 Å². The number of nitrogens with zero attached hydrogens (tertiary/aromatic N) is 1. The first-order valence-electron chi connectivity index (χ1n) is 6.41. The molecule has 5 nitrogen and oxygen atoms in total. The predicted octanol–water partition coefficient (Wildman–Crippen LogP) is 1.49. The number of nitrogens with one attached hydrogen (secondary N) is 2. The van der Waals surface area contributed by atoms with Crippen molar-refractivity contribution in [1.82, 2.24) is 10.3 Å². The maximum absolute atomic E-state index is 11.7. The lowest BCUT2D eigenvalue weighted by Gasteiger charge is -2.26. The van der Waals surface area contributed by atoms with E-state index < -0.39 is 0 Å². The van der Waals surface area contributed by atoms with E-state index >= 15 is 0 Å². The minimum Gasteiger partial charge on any atom is -0.395 e. The number of pyridine rings is 1. The smallest absolute Gasteiger partial charge is 0.320 e. The predicted molar refractivity (Wildman–Crippen MR) is 72.6 cm³/mol. The van der Waals surface area contributed by atoms with Gasteiger partial charge in [-0.3, -0.25) is 5.32 Å². The minimum absolute atomic E-state index is 0.0486. The Labute approximate surface area is 112 Å². The Morgan fingerprint density at radius 3 is 3.05 bits per heavy atom. The highest BCUT2D eigenvalue weighted by atomic mass is 16.2. The summed E-state index contributed by atoms with van der Waals surface area (Å²) in [5.74, 6) is 6.21. The van der Waals surface area contributed by atoms with E-state index in [0.29, 0.717) is 18.3 Å². The number of carbonyl (C=O) groups excluding carboxylic acids is 1. The van der Waals surface area contributed by atoms with Gasteiger partial charge in [-0.15, -0.1) is 0 Å². The van der Waals surface area contributed by atoms with Crippen LogP contribution in [0.15, 0.2) is 18.3 Å². The van der Waals surface area contributed by atoms with E-state index in [1.165, 1.54) is 6.42 Å². The highest BCUT2D eigenvalue weighted by Gasteiger charge is 2.19. The molecule has 1 heterocycles. The number of amides is 2. The minimum atomic E-state index is -0.224. The lowest BCUT2D eigenvalue weighted by atomic mass is 9.93. The molecule has 1 aromatic heterocycles. The number of anilines is 1. The highest BCUT2D eigenvalue weighted by molar-refractivity contribution is 5.88. The fourth-order valence-electron chi connectivity index (χ4n) is 1.69. The maximum Gasteiger partial charge on any atom is 0.320 e. The molecule has 19 heavy (non-hydrogen) atoms. The number of aromatic nitrogens is 1.